The lowest BCUT2D eigenvalue weighted by atomic mass is 9.77. The van der Waals surface area contributed by atoms with Crippen LogP contribution in [0.25, 0.3) is 0 Å². The van der Waals surface area contributed by atoms with Crippen LogP contribution >= 0.6 is 0 Å². The van der Waals surface area contributed by atoms with Gasteiger partial charge in [0.1, 0.15) is 0 Å². The quantitative estimate of drug-likeness (QED) is 0.809. The molecule has 4 heteroatoms. The summed E-state index contributed by atoms with van der Waals surface area (Å²) in [6.45, 7) is 1.63. The van der Waals surface area contributed by atoms with Gasteiger partial charge >= 0.3 is 5.97 Å². The van der Waals surface area contributed by atoms with Crippen molar-refractivity contribution in [1.29, 1.82) is 0 Å². The highest BCUT2D eigenvalue weighted by molar-refractivity contribution is 5.85. The third kappa shape index (κ3) is 4.45. The zero-order valence-corrected chi connectivity index (χ0v) is 13.1. The molecule has 1 aliphatic heterocycles. The van der Waals surface area contributed by atoms with Crippen LogP contribution in [-0.4, -0.2) is 35.0 Å². The van der Waals surface area contributed by atoms with Gasteiger partial charge in [-0.3, -0.25) is 9.59 Å². The van der Waals surface area contributed by atoms with Crippen molar-refractivity contribution in [2.45, 2.75) is 77.0 Å². The summed E-state index contributed by atoms with van der Waals surface area (Å²) in [4.78, 5) is 26.3. The molecule has 1 saturated carbocycles. The first-order chi connectivity index (χ1) is 10.1. The average molecular weight is 295 g/mol. The molecule has 1 N–H and O–H groups in total. The predicted molar refractivity (Wildman–Crippen MR) is 82.1 cm³/mol. The van der Waals surface area contributed by atoms with Crippen LogP contribution in [0.3, 0.4) is 0 Å². The maximum absolute atomic E-state index is 12.6. The molecular weight excluding hydrogens is 266 g/mol. The van der Waals surface area contributed by atoms with Gasteiger partial charge in [-0.2, -0.15) is 0 Å². The van der Waals surface area contributed by atoms with E-state index in [-0.39, 0.29) is 12.3 Å². The van der Waals surface area contributed by atoms with Crippen LogP contribution < -0.4 is 0 Å². The van der Waals surface area contributed by atoms with Crippen LogP contribution in [-0.2, 0) is 9.59 Å². The second-order valence-electron chi connectivity index (χ2n) is 6.83. The van der Waals surface area contributed by atoms with E-state index in [9.17, 15) is 14.7 Å². The fourth-order valence-corrected chi connectivity index (χ4v) is 3.77. The highest BCUT2D eigenvalue weighted by Crippen LogP contribution is 2.39. The van der Waals surface area contributed by atoms with Gasteiger partial charge in [-0.15, -0.1) is 0 Å². The van der Waals surface area contributed by atoms with Crippen LogP contribution in [0.15, 0.2) is 0 Å². The Bertz CT molecular complexity index is 351. The van der Waals surface area contributed by atoms with Crippen LogP contribution in [0.4, 0.5) is 0 Å². The minimum absolute atomic E-state index is 0.0706. The van der Waals surface area contributed by atoms with Crippen molar-refractivity contribution in [3.8, 4) is 0 Å². The number of carboxylic acids is 1. The molecule has 0 spiro atoms. The maximum Gasteiger partial charge on any atom is 0.310 e. The lowest BCUT2D eigenvalue weighted by molar-refractivity contribution is -0.154. The fraction of sp³-hybridized carbons (Fsp3) is 0.882. The largest absolute Gasteiger partial charge is 0.481 e. The van der Waals surface area contributed by atoms with Gasteiger partial charge in [0.05, 0.1) is 5.41 Å². The average Bonchev–Trinajstić information content (AvgIpc) is 2.64. The Balaban J connectivity index is 2.01. The molecule has 0 radical (unpaired) electrons. The van der Waals surface area contributed by atoms with E-state index >= 15 is 0 Å². The Morgan fingerprint density at radius 2 is 1.29 bits per heavy atom. The van der Waals surface area contributed by atoms with E-state index in [0.717, 1.165) is 51.6 Å². The summed E-state index contributed by atoms with van der Waals surface area (Å²) in [6.07, 6.45) is 11.4. The van der Waals surface area contributed by atoms with Crippen molar-refractivity contribution < 1.29 is 14.7 Å². The van der Waals surface area contributed by atoms with Gasteiger partial charge < -0.3 is 10.0 Å². The Labute approximate surface area is 127 Å². The lowest BCUT2D eigenvalue weighted by Crippen LogP contribution is -2.41. The third-order valence-electron chi connectivity index (χ3n) is 5.21. The number of rotatable bonds is 3. The van der Waals surface area contributed by atoms with Gasteiger partial charge in [-0.25, -0.2) is 0 Å². The van der Waals surface area contributed by atoms with E-state index in [2.05, 4.69) is 0 Å². The topological polar surface area (TPSA) is 57.6 Å². The van der Waals surface area contributed by atoms with Crippen molar-refractivity contribution >= 4 is 11.9 Å². The zero-order chi connectivity index (χ0) is 15.1. The number of amides is 1. The van der Waals surface area contributed by atoms with E-state index in [0.29, 0.717) is 12.8 Å². The molecule has 1 heterocycles. The fourth-order valence-electron chi connectivity index (χ4n) is 3.77. The lowest BCUT2D eigenvalue weighted by Gasteiger charge is -2.31. The molecular formula is C17H29NO3. The van der Waals surface area contributed by atoms with Crippen molar-refractivity contribution in [1.82, 2.24) is 4.90 Å². The Hall–Kier alpha value is -1.06. The Morgan fingerprint density at radius 3 is 1.81 bits per heavy atom. The summed E-state index contributed by atoms with van der Waals surface area (Å²) < 4.78 is 0. The summed E-state index contributed by atoms with van der Waals surface area (Å²) in [7, 11) is 0. The molecule has 1 aliphatic carbocycles. The standard InChI is InChI=1S/C17H29NO3/c19-15(18-12-8-4-1-5-9-13-18)14-17(16(20)21)10-6-2-3-7-11-17/h1-14H2,(H,20,21). The predicted octanol–water partition coefficient (Wildman–Crippen LogP) is 3.59. The summed E-state index contributed by atoms with van der Waals surface area (Å²) in [6, 6.07) is 0. The smallest absolute Gasteiger partial charge is 0.310 e. The summed E-state index contributed by atoms with van der Waals surface area (Å²) in [5, 5.41) is 9.69. The van der Waals surface area contributed by atoms with E-state index in [1.165, 1.54) is 19.3 Å². The minimum atomic E-state index is -0.796. The van der Waals surface area contributed by atoms with Gasteiger partial charge in [-0.05, 0) is 25.7 Å². The van der Waals surface area contributed by atoms with Gasteiger partial charge in [0.25, 0.3) is 0 Å². The van der Waals surface area contributed by atoms with E-state index in [1.54, 1.807) is 0 Å². The molecule has 1 saturated heterocycles. The summed E-state index contributed by atoms with van der Waals surface area (Å²) in [5.41, 5.74) is -0.796. The number of hydrogen-bond acceptors (Lipinski definition) is 2. The minimum Gasteiger partial charge on any atom is -0.481 e. The van der Waals surface area contributed by atoms with Crippen molar-refractivity contribution in [3.63, 3.8) is 0 Å². The van der Waals surface area contributed by atoms with Crippen LogP contribution in [0, 0.1) is 5.41 Å². The highest BCUT2D eigenvalue weighted by atomic mass is 16.4. The van der Waals surface area contributed by atoms with Crippen LogP contribution in [0.5, 0.6) is 0 Å². The highest BCUT2D eigenvalue weighted by Gasteiger charge is 2.41. The molecule has 2 fully saturated rings. The first kappa shape index (κ1) is 16.3. The van der Waals surface area contributed by atoms with Crippen molar-refractivity contribution in [2.24, 2.45) is 5.41 Å². The van der Waals surface area contributed by atoms with Gasteiger partial charge in [-0.1, -0.05) is 44.9 Å². The maximum atomic E-state index is 12.6. The number of nitrogens with zero attached hydrogens (tertiary/aromatic N) is 1. The number of hydrogen-bond donors (Lipinski definition) is 1. The molecule has 0 atom stereocenters. The molecule has 0 aromatic heterocycles. The van der Waals surface area contributed by atoms with Gasteiger partial charge in [0, 0.05) is 19.5 Å². The summed E-state index contributed by atoms with van der Waals surface area (Å²) in [5.74, 6) is -0.689. The van der Waals surface area contributed by atoms with E-state index in [4.69, 9.17) is 0 Å². The molecule has 21 heavy (non-hydrogen) atoms. The van der Waals surface area contributed by atoms with Gasteiger partial charge in [0.15, 0.2) is 0 Å². The van der Waals surface area contributed by atoms with Crippen molar-refractivity contribution in [2.75, 3.05) is 13.1 Å². The molecule has 0 aromatic rings. The molecule has 2 aliphatic rings. The van der Waals surface area contributed by atoms with Crippen LogP contribution in [0.1, 0.15) is 77.0 Å². The first-order valence-electron chi connectivity index (χ1n) is 8.65. The number of likely N-dealkylation sites (tertiary alicyclic amines) is 1. The summed E-state index contributed by atoms with van der Waals surface area (Å²) >= 11 is 0. The van der Waals surface area contributed by atoms with E-state index in [1.807, 2.05) is 4.90 Å². The van der Waals surface area contributed by atoms with Gasteiger partial charge in [0.2, 0.25) is 5.91 Å². The SMILES string of the molecule is O=C(CC1(C(=O)O)CCCCCC1)N1CCCCCCC1. The number of aliphatic carboxylic acids is 1. The number of carbonyl (C=O) groups excluding carboxylic acids is 1. The second kappa shape index (κ2) is 7.81. The molecule has 1 amide bonds. The van der Waals surface area contributed by atoms with Crippen LogP contribution in [0.2, 0.25) is 0 Å². The molecule has 0 aromatic carbocycles. The second-order valence-corrected chi connectivity index (χ2v) is 6.83. The zero-order valence-electron chi connectivity index (χ0n) is 13.1. The number of carbonyl (C=O) groups is 2. The number of carboxylic acid groups (broad SMARTS) is 1. The monoisotopic (exact) mass is 295 g/mol. The molecule has 0 unspecified atom stereocenters. The first-order valence-corrected chi connectivity index (χ1v) is 8.65. The van der Waals surface area contributed by atoms with Crippen molar-refractivity contribution in [3.05, 3.63) is 0 Å². The Morgan fingerprint density at radius 1 is 0.810 bits per heavy atom. The molecule has 0 bridgehead atoms. The Kier molecular flexibility index (Phi) is 6.07. The molecule has 2 rings (SSSR count). The molecule has 120 valence electrons. The normalized spacial score (nSPS) is 23.7. The molecule has 4 nitrogen and oxygen atoms in total. The van der Waals surface area contributed by atoms with E-state index < -0.39 is 11.4 Å². The third-order valence-corrected chi connectivity index (χ3v) is 5.21.